The number of anilines is 1. The van der Waals surface area contributed by atoms with E-state index in [1.54, 1.807) is 24.3 Å². The first kappa shape index (κ1) is 16.2. The maximum absolute atomic E-state index is 12.0. The molecule has 2 aromatic rings. The summed E-state index contributed by atoms with van der Waals surface area (Å²) in [6.07, 6.45) is 1.23. The zero-order valence-electron chi connectivity index (χ0n) is 12.9. The van der Waals surface area contributed by atoms with Crippen LogP contribution in [-0.2, 0) is 9.59 Å². The number of pyridine rings is 1. The van der Waals surface area contributed by atoms with E-state index < -0.39 is 11.8 Å². The van der Waals surface area contributed by atoms with E-state index in [1.807, 2.05) is 0 Å². The molecule has 9 nitrogen and oxygen atoms in total. The minimum absolute atomic E-state index is 0.159. The Labute approximate surface area is 141 Å². The quantitative estimate of drug-likeness (QED) is 0.653. The number of ether oxygens (including phenoxy) is 1. The van der Waals surface area contributed by atoms with Crippen molar-refractivity contribution < 1.29 is 19.1 Å². The number of nitrogens with zero attached hydrogens (tertiary/aromatic N) is 1. The van der Waals surface area contributed by atoms with Crippen LogP contribution in [0.2, 0.25) is 0 Å². The molecule has 0 unspecified atom stereocenters. The Balaban J connectivity index is 1.61. The van der Waals surface area contributed by atoms with Crippen LogP contribution in [0.15, 0.2) is 47.4 Å². The number of fused-ring (bicyclic) bond motifs is 1. The van der Waals surface area contributed by atoms with E-state index in [-0.39, 0.29) is 30.2 Å². The van der Waals surface area contributed by atoms with Crippen LogP contribution in [0.3, 0.4) is 0 Å². The molecule has 3 amide bonds. The highest BCUT2D eigenvalue weighted by atomic mass is 16.5. The molecule has 25 heavy (non-hydrogen) atoms. The van der Waals surface area contributed by atoms with Crippen molar-refractivity contribution in [1.29, 1.82) is 0 Å². The molecule has 0 radical (unpaired) electrons. The van der Waals surface area contributed by atoms with Crippen LogP contribution in [0.1, 0.15) is 10.4 Å². The number of nitrogens with one attached hydrogen (secondary N) is 3. The van der Waals surface area contributed by atoms with Gasteiger partial charge >= 0.3 is 0 Å². The topological polar surface area (TPSA) is 121 Å². The Morgan fingerprint density at radius 2 is 1.92 bits per heavy atom. The number of H-pyrrole nitrogens is 1. The smallest absolute Gasteiger partial charge is 0.271 e. The predicted octanol–water partition coefficient (Wildman–Crippen LogP) is -0.439. The van der Waals surface area contributed by atoms with Gasteiger partial charge in [-0.05, 0) is 18.2 Å². The summed E-state index contributed by atoms with van der Waals surface area (Å²) in [6.45, 7) is -0.431. The Bertz CT molecular complexity index is 872. The van der Waals surface area contributed by atoms with Crippen LogP contribution in [0.25, 0.3) is 0 Å². The lowest BCUT2D eigenvalue weighted by Crippen LogP contribution is -2.49. The van der Waals surface area contributed by atoms with Gasteiger partial charge in [0.05, 0.1) is 11.3 Å². The number of carbonyl (C=O) groups is 3. The van der Waals surface area contributed by atoms with Crippen molar-refractivity contribution in [3.63, 3.8) is 0 Å². The molecule has 128 valence electrons. The first-order valence-electron chi connectivity index (χ1n) is 7.35. The third-order valence-corrected chi connectivity index (χ3v) is 3.47. The third-order valence-electron chi connectivity index (χ3n) is 3.47. The van der Waals surface area contributed by atoms with Crippen molar-refractivity contribution >= 4 is 23.4 Å². The summed E-state index contributed by atoms with van der Waals surface area (Å²) in [6, 6.07) is 9.37. The van der Waals surface area contributed by atoms with Gasteiger partial charge in [0.15, 0.2) is 6.61 Å². The molecular formula is C16H14N4O5. The van der Waals surface area contributed by atoms with Gasteiger partial charge < -0.3 is 9.72 Å². The molecular weight excluding hydrogens is 328 g/mol. The van der Waals surface area contributed by atoms with E-state index in [0.29, 0.717) is 11.4 Å². The van der Waals surface area contributed by atoms with Gasteiger partial charge in [0, 0.05) is 12.3 Å². The van der Waals surface area contributed by atoms with Gasteiger partial charge in [0.25, 0.3) is 17.7 Å². The fraction of sp³-hybridized carbons (Fsp3) is 0.125. The van der Waals surface area contributed by atoms with Crippen LogP contribution in [0.4, 0.5) is 5.69 Å². The fourth-order valence-electron chi connectivity index (χ4n) is 2.26. The average Bonchev–Trinajstić information content (AvgIpc) is 2.63. The highest BCUT2D eigenvalue weighted by Gasteiger charge is 2.27. The highest BCUT2D eigenvalue weighted by molar-refractivity contribution is 6.02. The number of hydrogen-bond donors (Lipinski definition) is 3. The number of carbonyl (C=O) groups excluding carboxylic acids is 3. The summed E-state index contributed by atoms with van der Waals surface area (Å²) in [4.78, 5) is 50.5. The minimum Gasteiger partial charge on any atom is -0.482 e. The SMILES string of the molecule is O=C(CN1C(=O)COc2ccccc21)NNC(=O)c1ccc(=O)[nH]c1. The summed E-state index contributed by atoms with van der Waals surface area (Å²) in [5.74, 6) is -1.03. The van der Waals surface area contributed by atoms with Gasteiger partial charge in [-0.25, -0.2) is 0 Å². The monoisotopic (exact) mass is 342 g/mol. The normalized spacial score (nSPS) is 12.8. The molecule has 3 N–H and O–H groups in total. The number of aromatic nitrogens is 1. The summed E-state index contributed by atoms with van der Waals surface area (Å²) >= 11 is 0. The van der Waals surface area contributed by atoms with Gasteiger partial charge in [-0.3, -0.25) is 34.9 Å². The Morgan fingerprint density at radius 1 is 1.12 bits per heavy atom. The van der Waals surface area contributed by atoms with E-state index in [4.69, 9.17) is 4.74 Å². The van der Waals surface area contributed by atoms with Crippen molar-refractivity contribution in [2.45, 2.75) is 0 Å². The van der Waals surface area contributed by atoms with Crippen LogP contribution in [-0.4, -0.2) is 35.9 Å². The number of hydrazine groups is 1. The zero-order valence-corrected chi connectivity index (χ0v) is 12.9. The van der Waals surface area contributed by atoms with E-state index >= 15 is 0 Å². The molecule has 1 aromatic carbocycles. The van der Waals surface area contributed by atoms with Crippen molar-refractivity contribution in [2.75, 3.05) is 18.1 Å². The second-order valence-electron chi connectivity index (χ2n) is 5.18. The lowest BCUT2D eigenvalue weighted by Gasteiger charge is -2.28. The Morgan fingerprint density at radius 3 is 2.68 bits per heavy atom. The minimum atomic E-state index is -0.599. The van der Waals surface area contributed by atoms with Crippen molar-refractivity contribution in [1.82, 2.24) is 15.8 Å². The first-order chi connectivity index (χ1) is 12.0. The molecule has 0 spiro atoms. The molecule has 2 heterocycles. The maximum atomic E-state index is 12.0. The molecule has 0 atom stereocenters. The number of amides is 3. The lowest BCUT2D eigenvalue weighted by molar-refractivity contribution is -0.125. The summed E-state index contributed by atoms with van der Waals surface area (Å²) in [7, 11) is 0. The lowest BCUT2D eigenvalue weighted by atomic mass is 10.2. The Hall–Kier alpha value is -3.62. The molecule has 0 saturated heterocycles. The fourth-order valence-corrected chi connectivity index (χ4v) is 2.26. The van der Waals surface area contributed by atoms with E-state index in [0.717, 1.165) is 0 Å². The largest absolute Gasteiger partial charge is 0.482 e. The molecule has 0 saturated carbocycles. The average molecular weight is 342 g/mol. The van der Waals surface area contributed by atoms with Crippen LogP contribution in [0, 0.1) is 0 Å². The number of para-hydroxylation sites is 2. The zero-order chi connectivity index (χ0) is 17.8. The first-order valence-corrected chi connectivity index (χ1v) is 7.35. The standard InChI is InChI=1S/C16H14N4O5/c21-13-6-5-10(7-17-13)16(24)19-18-14(22)8-20-11-3-1-2-4-12(11)25-9-15(20)23/h1-7H,8-9H2,(H,17,21)(H,18,22)(H,19,24). The van der Waals surface area contributed by atoms with Gasteiger partial charge in [0.1, 0.15) is 12.3 Å². The van der Waals surface area contributed by atoms with Crippen LogP contribution < -0.4 is 26.0 Å². The second-order valence-corrected chi connectivity index (χ2v) is 5.18. The van der Waals surface area contributed by atoms with Gasteiger partial charge in [0.2, 0.25) is 5.56 Å². The van der Waals surface area contributed by atoms with E-state index in [2.05, 4.69) is 15.8 Å². The summed E-state index contributed by atoms with van der Waals surface area (Å²) in [5, 5.41) is 0. The van der Waals surface area contributed by atoms with Crippen molar-refractivity contribution in [3.05, 3.63) is 58.5 Å². The number of benzene rings is 1. The molecule has 0 bridgehead atoms. The number of rotatable bonds is 3. The molecule has 1 aliphatic heterocycles. The molecule has 1 aliphatic rings. The summed E-state index contributed by atoms with van der Waals surface area (Å²) < 4.78 is 5.29. The second kappa shape index (κ2) is 6.87. The van der Waals surface area contributed by atoms with Crippen LogP contribution >= 0.6 is 0 Å². The molecule has 0 fully saturated rings. The maximum Gasteiger partial charge on any atom is 0.271 e. The van der Waals surface area contributed by atoms with Crippen molar-refractivity contribution in [2.24, 2.45) is 0 Å². The summed E-state index contributed by atoms with van der Waals surface area (Å²) in [5.41, 5.74) is 4.76. The number of hydrogen-bond acceptors (Lipinski definition) is 5. The van der Waals surface area contributed by atoms with Gasteiger partial charge in [-0.2, -0.15) is 0 Å². The predicted molar refractivity (Wildman–Crippen MR) is 87.0 cm³/mol. The van der Waals surface area contributed by atoms with Crippen LogP contribution in [0.5, 0.6) is 5.75 Å². The van der Waals surface area contributed by atoms with Gasteiger partial charge in [-0.1, -0.05) is 12.1 Å². The molecule has 1 aromatic heterocycles. The molecule has 3 rings (SSSR count). The van der Waals surface area contributed by atoms with Gasteiger partial charge in [-0.15, -0.1) is 0 Å². The van der Waals surface area contributed by atoms with E-state index in [1.165, 1.54) is 23.2 Å². The molecule has 0 aliphatic carbocycles. The van der Waals surface area contributed by atoms with E-state index in [9.17, 15) is 19.2 Å². The highest BCUT2D eigenvalue weighted by Crippen LogP contribution is 2.30. The number of aromatic amines is 1. The molecule has 9 heteroatoms. The third kappa shape index (κ3) is 3.66. The Kier molecular flexibility index (Phi) is 4.46. The van der Waals surface area contributed by atoms with Crippen molar-refractivity contribution in [3.8, 4) is 5.75 Å².